The lowest BCUT2D eigenvalue weighted by Gasteiger charge is -1.99. The van der Waals surface area contributed by atoms with Crippen LogP contribution in [0.1, 0.15) is 0 Å². The highest BCUT2D eigenvalue weighted by Crippen LogP contribution is 2.19. The third-order valence-electron chi connectivity index (χ3n) is 1.68. The fourth-order valence-electron chi connectivity index (χ4n) is 0.999. The van der Waals surface area contributed by atoms with Gasteiger partial charge in [0.25, 0.3) is 0 Å². The van der Waals surface area contributed by atoms with E-state index in [-0.39, 0.29) is 6.08 Å². The molecule has 0 amide bonds. The van der Waals surface area contributed by atoms with Crippen molar-refractivity contribution in [3.05, 3.63) is 28.7 Å². The summed E-state index contributed by atoms with van der Waals surface area (Å²) < 4.78 is 10.9. The van der Waals surface area contributed by atoms with Crippen LogP contribution in [-0.2, 0) is 0 Å². The Morgan fingerprint density at radius 2 is 2.00 bits per heavy atom. The van der Waals surface area contributed by atoms with Crippen molar-refractivity contribution >= 4 is 27.6 Å². The molecule has 0 aliphatic rings. The first kappa shape index (κ1) is 9.97. The molecule has 5 nitrogen and oxygen atoms in total. The molecule has 2 aromatic rings. The quantitative estimate of drug-likeness (QED) is 0.928. The molecule has 1 aromatic carbocycles. The van der Waals surface area contributed by atoms with Crippen LogP contribution in [0.3, 0.4) is 0 Å². The molecule has 0 fully saturated rings. The van der Waals surface area contributed by atoms with Gasteiger partial charge in [-0.25, -0.2) is 0 Å². The SMILES string of the molecule is COc1nnc(Nc2ccc(Br)cc2)o1. The molecule has 0 atom stereocenters. The van der Waals surface area contributed by atoms with Gasteiger partial charge in [-0.2, -0.15) is 0 Å². The standard InChI is InChI=1S/C9H8BrN3O2/c1-14-9-13-12-8(15-9)11-7-4-2-6(10)3-5-7/h2-5H,1H3,(H,11,12). The van der Waals surface area contributed by atoms with E-state index in [4.69, 9.17) is 9.15 Å². The average Bonchev–Trinajstić information content (AvgIpc) is 2.69. The van der Waals surface area contributed by atoms with Crippen LogP contribution in [0.5, 0.6) is 6.08 Å². The number of ether oxygens (including phenoxy) is 1. The molecule has 78 valence electrons. The predicted molar refractivity (Wildman–Crippen MR) is 58.3 cm³/mol. The molecule has 0 bridgehead atoms. The minimum Gasteiger partial charge on any atom is -0.452 e. The molecule has 1 heterocycles. The van der Waals surface area contributed by atoms with Crippen molar-refractivity contribution in [1.82, 2.24) is 10.2 Å². The van der Waals surface area contributed by atoms with Crippen LogP contribution >= 0.6 is 15.9 Å². The molecule has 0 unspecified atom stereocenters. The Balaban J connectivity index is 2.11. The first-order valence-electron chi connectivity index (χ1n) is 4.18. The number of rotatable bonds is 3. The topological polar surface area (TPSA) is 60.2 Å². The smallest absolute Gasteiger partial charge is 0.415 e. The van der Waals surface area contributed by atoms with Crippen molar-refractivity contribution in [3.8, 4) is 6.08 Å². The summed E-state index contributed by atoms with van der Waals surface area (Å²) in [5, 5.41) is 10.3. The monoisotopic (exact) mass is 269 g/mol. The highest BCUT2D eigenvalue weighted by atomic mass is 79.9. The van der Waals surface area contributed by atoms with Crippen molar-refractivity contribution in [2.75, 3.05) is 12.4 Å². The Morgan fingerprint density at radius 3 is 2.60 bits per heavy atom. The second-order valence-corrected chi connectivity index (χ2v) is 3.62. The van der Waals surface area contributed by atoms with E-state index >= 15 is 0 Å². The average molecular weight is 270 g/mol. The van der Waals surface area contributed by atoms with Crippen LogP contribution in [-0.4, -0.2) is 17.3 Å². The second-order valence-electron chi connectivity index (χ2n) is 2.71. The Kier molecular flexibility index (Phi) is 2.86. The van der Waals surface area contributed by atoms with Gasteiger partial charge >= 0.3 is 12.1 Å². The largest absolute Gasteiger partial charge is 0.452 e. The zero-order chi connectivity index (χ0) is 10.7. The number of halogens is 1. The van der Waals surface area contributed by atoms with E-state index in [2.05, 4.69) is 31.4 Å². The molecular formula is C9H8BrN3O2. The van der Waals surface area contributed by atoms with Gasteiger partial charge in [-0.1, -0.05) is 26.1 Å². The molecule has 0 radical (unpaired) electrons. The van der Waals surface area contributed by atoms with E-state index in [9.17, 15) is 0 Å². The van der Waals surface area contributed by atoms with Crippen LogP contribution in [0.25, 0.3) is 0 Å². The Bertz CT molecular complexity index is 441. The first-order chi connectivity index (χ1) is 7.28. The molecule has 6 heteroatoms. The van der Waals surface area contributed by atoms with Crippen LogP contribution in [0, 0.1) is 0 Å². The second kappa shape index (κ2) is 4.31. The summed E-state index contributed by atoms with van der Waals surface area (Å²) in [7, 11) is 1.47. The number of hydrogen-bond acceptors (Lipinski definition) is 5. The zero-order valence-electron chi connectivity index (χ0n) is 7.90. The van der Waals surface area contributed by atoms with Gasteiger partial charge in [-0.3, -0.25) is 0 Å². The minimum absolute atomic E-state index is 0.134. The van der Waals surface area contributed by atoms with Crippen LogP contribution < -0.4 is 10.1 Å². The first-order valence-corrected chi connectivity index (χ1v) is 4.97. The third kappa shape index (κ3) is 2.47. The van der Waals surface area contributed by atoms with Gasteiger partial charge in [0.1, 0.15) is 0 Å². The predicted octanol–water partition coefficient (Wildman–Crippen LogP) is 2.58. The normalized spacial score (nSPS) is 10.0. The molecule has 2 rings (SSSR count). The number of methoxy groups -OCH3 is 1. The van der Waals surface area contributed by atoms with Gasteiger partial charge in [0, 0.05) is 10.2 Å². The van der Waals surface area contributed by atoms with E-state index < -0.39 is 0 Å². The van der Waals surface area contributed by atoms with E-state index in [1.807, 2.05) is 24.3 Å². The molecule has 0 spiro atoms. The van der Waals surface area contributed by atoms with Gasteiger partial charge in [-0.15, -0.1) is 0 Å². The van der Waals surface area contributed by atoms with E-state index in [0.29, 0.717) is 6.01 Å². The van der Waals surface area contributed by atoms with Crippen LogP contribution in [0.15, 0.2) is 33.2 Å². The van der Waals surface area contributed by atoms with Gasteiger partial charge in [0.2, 0.25) is 0 Å². The molecular weight excluding hydrogens is 262 g/mol. The highest BCUT2D eigenvalue weighted by molar-refractivity contribution is 9.10. The number of nitrogens with one attached hydrogen (secondary N) is 1. The van der Waals surface area contributed by atoms with Gasteiger partial charge in [-0.05, 0) is 24.3 Å². The number of nitrogens with zero attached hydrogens (tertiary/aromatic N) is 2. The van der Waals surface area contributed by atoms with Gasteiger partial charge in [0.05, 0.1) is 7.11 Å². The Hall–Kier alpha value is -1.56. The van der Waals surface area contributed by atoms with Crippen molar-refractivity contribution in [2.45, 2.75) is 0 Å². The molecule has 0 saturated carbocycles. The van der Waals surface area contributed by atoms with E-state index in [1.165, 1.54) is 7.11 Å². The number of benzene rings is 1. The van der Waals surface area contributed by atoms with Gasteiger partial charge < -0.3 is 14.5 Å². The number of aromatic nitrogens is 2. The van der Waals surface area contributed by atoms with E-state index in [0.717, 1.165) is 10.2 Å². The molecule has 0 aliphatic carbocycles. The minimum atomic E-state index is 0.134. The summed E-state index contributed by atoms with van der Waals surface area (Å²) in [6.07, 6.45) is 0.134. The van der Waals surface area contributed by atoms with Crippen molar-refractivity contribution < 1.29 is 9.15 Å². The number of anilines is 2. The Morgan fingerprint density at radius 1 is 1.27 bits per heavy atom. The maximum Gasteiger partial charge on any atom is 0.415 e. The summed E-state index contributed by atoms with van der Waals surface area (Å²) in [5.41, 5.74) is 0.865. The Labute approximate surface area is 94.6 Å². The summed E-state index contributed by atoms with van der Waals surface area (Å²) in [6.45, 7) is 0. The molecule has 0 aliphatic heterocycles. The van der Waals surface area contributed by atoms with Crippen molar-refractivity contribution in [2.24, 2.45) is 0 Å². The maximum atomic E-state index is 5.10. The van der Waals surface area contributed by atoms with Crippen molar-refractivity contribution in [3.63, 3.8) is 0 Å². The molecule has 1 aromatic heterocycles. The highest BCUT2D eigenvalue weighted by Gasteiger charge is 2.04. The fourth-order valence-corrected chi connectivity index (χ4v) is 1.26. The lowest BCUT2D eigenvalue weighted by Crippen LogP contribution is -1.89. The summed E-state index contributed by atoms with van der Waals surface area (Å²) in [6, 6.07) is 7.90. The van der Waals surface area contributed by atoms with Gasteiger partial charge in [0.15, 0.2) is 0 Å². The molecule has 15 heavy (non-hydrogen) atoms. The number of hydrogen-bond donors (Lipinski definition) is 1. The van der Waals surface area contributed by atoms with E-state index in [1.54, 1.807) is 0 Å². The van der Waals surface area contributed by atoms with Crippen LogP contribution in [0.4, 0.5) is 11.7 Å². The molecule has 0 saturated heterocycles. The summed E-state index contributed by atoms with van der Waals surface area (Å²) in [4.78, 5) is 0. The lowest BCUT2D eigenvalue weighted by atomic mass is 10.3. The lowest BCUT2D eigenvalue weighted by molar-refractivity contribution is 0.294. The zero-order valence-corrected chi connectivity index (χ0v) is 9.48. The summed E-state index contributed by atoms with van der Waals surface area (Å²) >= 11 is 3.35. The third-order valence-corrected chi connectivity index (χ3v) is 2.21. The maximum absolute atomic E-state index is 5.10. The fraction of sp³-hybridized carbons (Fsp3) is 0.111. The molecule has 1 N–H and O–H groups in total. The van der Waals surface area contributed by atoms with Crippen LogP contribution in [0.2, 0.25) is 0 Å². The summed E-state index contributed by atoms with van der Waals surface area (Å²) in [5.74, 6) is 0. The van der Waals surface area contributed by atoms with Crippen molar-refractivity contribution in [1.29, 1.82) is 0 Å².